The molecule has 1 fully saturated rings. The van der Waals surface area contributed by atoms with Crippen LogP contribution in [0.15, 0.2) is 30.3 Å². The maximum absolute atomic E-state index is 12.7. The van der Waals surface area contributed by atoms with Gasteiger partial charge in [0, 0.05) is 20.2 Å². The number of ether oxygens (including phenoxy) is 1. The van der Waals surface area contributed by atoms with E-state index in [1.165, 1.54) is 12.0 Å². The Kier molecular flexibility index (Phi) is 5.70. The Morgan fingerprint density at radius 2 is 1.96 bits per heavy atom. The molecule has 0 aliphatic carbocycles. The van der Waals surface area contributed by atoms with Crippen LogP contribution in [0.25, 0.3) is 0 Å². The lowest BCUT2D eigenvalue weighted by Gasteiger charge is -2.20. The van der Waals surface area contributed by atoms with E-state index in [9.17, 15) is 14.4 Å². The highest BCUT2D eigenvalue weighted by Crippen LogP contribution is 2.26. The van der Waals surface area contributed by atoms with Gasteiger partial charge >= 0.3 is 6.03 Å². The molecule has 1 aromatic rings. The predicted octanol–water partition coefficient (Wildman–Crippen LogP) is 0.996. The Morgan fingerprint density at radius 3 is 2.57 bits per heavy atom. The van der Waals surface area contributed by atoms with Gasteiger partial charge in [0.15, 0.2) is 0 Å². The maximum atomic E-state index is 12.7. The number of anilines is 1. The number of carbonyl (C=O) groups excluding carboxylic acids is 3. The first-order chi connectivity index (χ1) is 11.1. The molecule has 0 saturated carbocycles. The summed E-state index contributed by atoms with van der Waals surface area (Å²) in [6.45, 7) is 2.84. The zero-order chi connectivity index (χ0) is 16.8. The summed E-state index contributed by atoms with van der Waals surface area (Å²) in [4.78, 5) is 39.7. The first-order valence-electron chi connectivity index (χ1n) is 7.55. The van der Waals surface area contributed by atoms with Gasteiger partial charge in [-0.3, -0.25) is 9.59 Å². The summed E-state index contributed by atoms with van der Waals surface area (Å²) < 4.78 is 5.00. The lowest BCUT2D eigenvalue weighted by molar-refractivity contribution is -0.127. The van der Waals surface area contributed by atoms with Crippen LogP contribution in [-0.2, 0) is 14.3 Å². The van der Waals surface area contributed by atoms with Gasteiger partial charge in [0.05, 0.1) is 18.7 Å². The Bertz CT molecular complexity index is 576. The number of urea groups is 1. The molecule has 0 radical (unpaired) electrons. The second-order valence-electron chi connectivity index (χ2n) is 5.15. The number of carbonyl (C=O) groups is 3. The van der Waals surface area contributed by atoms with E-state index in [1.807, 2.05) is 6.07 Å². The van der Waals surface area contributed by atoms with Crippen molar-refractivity contribution in [1.82, 2.24) is 10.2 Å². The van der Waals surface area contributed by atoms with Crippen LogP contribution in [0.2, 0.25) is 0 Å². The molecule has 0 unspecified atom stereocenters. The SMILES string of the molecule is CCNC(=O)C[C@@H]1C(=O)N(c2ccccc2)C(=O)N1CCOC. The molecule has 4 amide bonds. The Labute approximate surface area is 135 Å². The summed E-state index contributed by atoms with van der Waals surface area (Å²) in [6.07, 6.45) is -0.0501. The minimum atomic E-state index is -0.801. The second kappa shape index (κ2) is 7.73. The number of nitrogens with zero attached hydrogens (tertiary/aromatic N) is 2. The summed E-state index contributed by atoms with van der Waals surface area (Å²) in [7, 11) is 1.52. The number of hydrogen-bond donors (Lipinski definition) is 1. The fourth-order valence-electron chi connectivity index (χ4n) is 2.54. The molecule has 1 saturated heterocycles. The minimum absolute atomic E-state index is 0.0501. The van der Waals surface area contributed by atoms with Crippen molar-refractivity contribution >= 4 is 23.5 Å². The van der Waals surface area contributed by atoms with Crippen molar-refractivity contribution in [3.05, 3.63) is 30.3 Å². The van der Waals surface area contributed by atoms with Crippen LogP contribution < -0.4 is 10.2 Å². The van der Waals surface area contributed by atoms with Crippen LogP contribution in [-0.4, -0.2) is 55.6 Å². The van der Waals surface area contributed by atoms with Crippen molar-refractivity contribution in [2.24, 2.45) is 0 Å². The Balaban J connectivity index is 2.25. The molecule has 1 heterocycles. The number of rotatable bonds is 7. The lowest BCUT2D eigenvalue weighted by atomic mass is 10.1. The number of amides is 4. The summed E-state index contributed by atoms with van der Waals surface area (Å²) in [5, 5.41) is 2.66. The summed E-state index contributed by atoms with van der Waals surface area (Å²) in [6, 6.07) is 7.48. The van der Waals surface area contributed by atoms with Crippen molar-refractivity contribution in [2.45, 2.75) is 19.4 Å². The van der Waals surface area contributed by atoms with Crippen LogP contribution in [0.5, 0.6) is 0 Å². The van der Waals surface area contributed by atoms with Crippen molar-refractivity contribution < 1.29 is 19.1 Å². The number of para-hydroxylation sites is 1. The van der Waals surface area contributed by atoms with E-state index in [2.05, 4.69) is 5.32 Å². The van der Waals surface area contributed by atoms with E-state index in [0.29, 0.717) is 18.8 Å². The Morgan fingerprint density at radius 1 is 1.26 bits per heavy atom. The average molecular weight is 319 g/mol. The van der Waals surface area contributed by atoms with E-state index in [1.54, 1.807) is 31.2 Å². The number of imide groups is 1. The van der Waals surface area contributed by atoms with E-state index >= 15 is 0 Å². The molecule has 124 valence electrons. The highest BCUT2D eigenvalue weighted by molar-refractivity contribution is 6.22. The van der Waals surface area contributed by atoms with E-state index in [0.717, 1.165) is 4.90 Å². The van der Waals surface area contributed by atoms with Crippen molar-refractivity contribution in [3.8, 4) is 0 Å². The molecule has 2 rings (SSSR count). The topological polar surface area (TPSA) is 79.0 Å². The highest BCUT2D eigenvalue weighted by atomic mass is 16.5. The first kappa shape index (κ1) is 17.0. The molecular weight excluding hydrogens is 298 g/mol. The molecule has 0 bridgehead atoms. The van der Waals surface area contributed by atoms with Crippen molar-refractivity contribution in [3.63, 3.8) is 0 Å². The summed E-state index contributed by atoms with van der Waals surface area (Å²) in [5.41, 5.74) is 0.503. The molecule has 0 spiro atoms. The van der Waals surface area contributed by atoms with Gasteiger partial charge in [0.25, 0.3) is 5.91 Å². The highest BCUT2D eigenvalue weighted by Gasteiger charge is 2.46. The number of benzene rings is 1. The fourth-order valence-corrected chi connectivity index (χ4v) is 2.54. The Hall–Kier alpha value is -2.41. The molecule has 1 N–H and O–H groups in total. The second-order valence-corrected chi connectivity index (χ2v) is 5.15. The molecule has 1 atom stereocenters. The van der Waals surface area contributed by atoms with Gasteiger partial charge in [-0.25, -0.2) is 9.69 Å². The molecule has 1 aliphatic rings. The van der Waals surface area contributed by atoms with Gasteiger partial charge in [-0.05, 0) is 19.1 Å². The van der Waals surface area contributed by atoms with Gasteiger partial charge in [0.2, 0.25) is 5.91 Å². The van der Waals surface area contributed by atoms with Crippen LogP contribution in [0.3, 0.4) is 0 Å². The quantitative estimate of drug-likeness (QED) is 0.760. The molecule has 7 heteroatoms. The largest absolute Gasteiger partial charge is 0.383 e. The molecule has 1 aliphatic heterocycles. The normalized spacial score (nSPS) is 17.7. The molecule has 7 nitrogen and oxygen atoms in total. The zero-order valence-electron chi connectivity index (χ0n) is 13.3. The average Bonchev–Trinajstić information content (AvgIpc) is 2.77. The van der Waals surface area contributed by atoms with Gasteiger partial charge in [0.1, 0.15) is 6.04 Å². The number of hydrogen-bond acceptors (Lipinski definition) is 4. The van der Waals surface area contributed by atoms with E-state index in [-0.39, 0.29) is 24.8 Å². The third-order valence-corrected chi connectivity index (χ3v) is 3.62. The van der Waals surface area contributed by atoms with E-state index < -0.39 is 12.1 Å². The summed E-state index contributed by atoms with van der Waals surface area (Å²) in [5.74, 6) is -0.639. The zero-order valence-corrected chi connectivity index (χ0v) is 13.3. The third-order valence-electron chi connectivity index (χ3n) is 3.62. The van der Waals surface area contributed by atoms with Crippen molar-refractivity contribution in [1.29, 1.82) is 0 Å². The molecular formula is C16H21N3O4. The fraction of sp³-hybridized carbons (Fsp3) is 0.438. The number of methoxy groups -OCH3 is 1. The maximum Gasteiger partial charge on any atom is 0.332 e. The first-order valence-corrected chi connectivity index (χ1v) is 7.55. The van der Waals surface area contributed by atoms with E-state index in [4.69, 9.17) is 4.74 Å². The summed E-state index contributed by atoms with van der Waals surface area (Å²) >= 11 is 0. The molecule has 1 aromatic carbocycles. The standard InChI is InChI=1S/C16H21N3O4/c1-3-17-14(20)11-13-15(21)19(12-7-5-4-6-8-12)16(22)18(13)9-10-23-2/h4-8,13H,3,9-11H2,1-2H3,(H,17,20)/t13-/m1/s1. The van der Waals surface area contributed by atoms with Crippen LogP contribution >= 0.6 is 0 Å². The van der Waals surface area contributed by atoms with Crippen LogP contribution in [0, 0.1) is 0 Å². The lowest BCUT2D eigenvalue weighted by Crippen LogP contribution is -2.41. The molecule has 0 aromatic heterocycles. The van der Waals surface area contributed by atoms with Gasteiger partial charge in [-0.1, -0.05) is 18.2 Å². The predicted molar refractivity (Wildman–Crippen MR) is 85.0 cm³/mol. The van der Waals surface area contributed by atoms with Crippen LogP contribution in [0.1, 0.15) is 13.3 Å². The van der Waals surface area contributed by atoms with Gasteiger partial charge < -0.3 is 15.0 Å². The van der Waals surface area contributed by atoms with Gasteiger partial charge in [-0.15, -0.1) is 0 Å². The smallest absolute Gasteiger partial charge is 0.332 e. The third kappa shape index (κ3) is 3.68. The number of nitrogens with one attached hydrogen (secondary N) is 1. The minimum Gasteiger partial charge on any atom is -0.383 e. The molecule has 23 heavy (non-hydrogen) atoms. The van der Waals surface area contributed by atoms with Crippen molar-refractivity contribution in [2.75, 3.05) is 31.7 Å². The van der Waals surface area contributed by atoms with Gasteiger partial charge in [-0.2, -0.15) is 0 Å². The monoisotopic (exact) mass is 319 g/mol. The van der Waals surface area contributed by atoms with Crippen LogP contribution in [0.4, 0.5) is 10.5 Å².